The largest absolute Gasteiger partial charge is 0.385 e. The molecule has 1 aromatic rings. The van der Waals surface area contributed by atoms with E-state index in [9.17, 15) is 0 Å². The maximum Gasteiger partial charge on any atom is 0.0637 e. The first-order valence-electron chi connectivity index (χ1n) is 7.38. The average Bonchev–Trinajstić information content (AvgIpc) is 2.47. The number of ether oxygens (including phenoxy) is 1. The number of methoxy groups -OCH3 is 1. The Balaban J connectivity index is 2.20. The van der Waals surface area contributed by atoms with Crippen LogP contribution >= 0.6 is 0 Å². The Morgan fingerprint density at radius 1 is 1.42 bits per heavy atom. The van der Waals surface area contributed by atoms with Crippen molar-refractivity contribution in [3.8, 4) is 0 Å². The molecule has 0 radical (unpaired) electrons. The fourth-order valence-corrected chi connectivity index (χ4v) is 2.65. The van der Waals surface area contributed by atoms with Crippen molar-refractivity contribution in [2.75, 3.05) is 37.0 Å². The molecule has 1 aliphatic heterocycles. The lowest BCUT2D eigenvalue weighted by atomic mass is 10.0. The van der Waals surface area contributed by atoms with Gasteiger partial charge in [0.1, 0.15) is 0 Å². The zero-order valence-electron chi connectivity index (χ0n) is 12.4. The fourth-order valence-electron chi connectivity index (χ4n) is 2.65. The van der Waals surface area contributed by atoms with Crippen LogP contribution in [0.25, 0.3) is 0 Å². The lowest BCUT2D eigenvalue weighted by molar-refractivity contribution is 0.203. The molecule has 2 rings (SSSR count). The molecule has 0 aliphatic carbocycles. The molecule has 1 heterocycles. The smallest absolute Gasteiger partial charge is 0.0637 e. The summed E-state index contributed by atoms with van der Waals surface area (Å²) in [5.74, 6) is 0. The maximum atomic E-state index is 5.25. The van der Waals surface area contributed by atoms with Gasteiger partial charge in [0.15, 0.2) is 0 Å². The SMILES string of the molecule is CCC(C)N(CCOC)c1ccc2c(c1)CCCN2. The van der Waals surface area contributed by atoms with E-state index in [1.54, 1.807) is 7.11 Å². The van der Waals surface area contributed by atoms with Gasteiger partial charge < -0.3 is 15.0 Å². The van der Waals surface area contributed by atoms with Crippen LogP contribution in [0.5, 0.6) is 0 Å². The molecule has 0 saturated carbocycles. The van der Waals surface area contributed by atoms with E-state index in [2.05, 4.69) is 42.3 Å². The average molecular weight is 262 g/mol. The predicted octanol–water partition coefficient (Wildman–Crippen LogP) is 3.30. The second kappa shape index (κ2) is 6.80. The van der Waals surface area contributed by atoms with E-state index in [-0.39, 0.29) is 0 Å². The molecule has 19 heavy (non-hydrogen) atoms. The van der Waals surface area contributed by atoms with Crippen molar-refractivity contribution < 1.29 is 4.74 Å². The summed E-state index contributed by atoms with van der Waals surface area (Å²) in [6.07, 6.45) is 3.58. The Morgan fingerprint density at radius 2 is 2.26 bits per heavy atom. The Bertz CT molecular complexity index is 406. The summed E-state index contributed by atoms with van der Waals surface area (Å²) in [5.41, 5.74) is 4.09. The van der Waals surface area contributed by atoms with Gasteiger partial charge in [0.2, 0.25) is 0 Å². The minimum atomic E-state index is 0.546. The molecule has 1 unspecified atom stereocenters. The Morgan fingerprint density at radius 3 is 3.00 bits per heavy atom. The van der Waals surface area contributed by atoms with E-state index >= 15 is 0 Å². The molecular weight excluding hydrogens is 236 g/mol. The third-order valence-corrected chi connectivity index (χ3v) is 4.02. The summed E-state index contributed by atoms with van der Waals surface area (Å²) in [4.78, 5) is 2.46. The summed E-state index contributed by atoms with van der Waals surface area (Å²) < 4.78 is 5.25. The number of nitrogens with one attached hydrogen (secondary N) is 1. The molecule has 3 heteroatoms. The van der Waals surface area contributed by atoms with Crippen LogP contribution in [0.15, 0.2) is 18.2 Å². The molecule has 1 atom stereocenters. The van der Waals surface area contributed by atoms with Gasteiger partial charge in [-0.25, -0.2) is 0 Å². The van der Waals surface area contributed by atoms with Crippen molar-refractivity contribution in [1.29, 1.82) is 0 Å². The fraction of sp³-hybridized carbons (Fsp3) is 0.625. The highest BCUT2D eigenvalue weighted by molar-refractivity contribution is 5.62. The van der Waals surface area contributed by atoms with Crippen molar-refractivity contribution in [2.45, 2.75) is 39.2 Å². The highest BCUT2D eigenvalue weighted by Gasteiger charge is 2.15. The summed E-state index contributed by atoms with van der Waals surface area (Å²) in [7, 11) is 1.77. The van der Waals surface area contributed by atoms with Gasteiger partial charge in [-0.05, 0) is 49.9 Å². The third kappa shape index (κ3) is 3.41. The summed E-state index contributed by atoms with van der Waals surface area (Å²) >= 11 is 0. The third-order valence-electron chi connectivity index (χ3n) is 4.02. The van der Waals surface area contributed by atoms with E-state index in [0.29, 0.717) is 6.04 Å². The molecule has 0 bridgehead atoms. The highest BCUT2D eigenvalue weighted by atomic mass is 16.5. The molecule has 106 valence electrons. The van der Waals surface area contributed by atoms with E-state index in [1.165, 1.54) is 29.8 Å². The first kappa shape index (κ1) is 14.2. The van der Waals surface area contributed by atoms with E-state index in [4.69, 9.17) is 4.74 Å². The van der Waals surface area contributed by atoms with E-state index < -0.39 is 0 Å². The van der Waals surface area contributed by atoms with Crippen LogP contribution < -0.4 is 10.2 Å². The maximum absolute atomic E-state index is 5.25. The van der Waals surface area contributed by atoms with Crippen molar-refractivity contribution in [2.24, 2.45) is 0 Å². The van der Waals surface area contributed by atoms with Crippen LogP contribution in [0, 0.1) is 0 Å². The first-order valence-corrected chi connectivity index (χ1v) is 7.38. The van der Waals surface area contributed by atoms with Gasteiger partial charge >= 0.3 is 0 Å². The Labute approximate surface area is 116 Å². The van der Waals surface area contributed by atoms with E-state index in [1.807, 2.05) is 0 Å². The monoisotopic (exact) mass is 262 g/mol. The lowest BCUT2D eigenvalue weighted by Gasteiger charge is -2.32. The minimum absolute atomic E-state index is 0.546. The summed E-state index contributed by atoms with van der Waals surface area (Å²) in [5, 5.41) is 3.47. The summed E-state index contributed by atoms with van der Waals surface area (Å²) in [6.45, 7) is 7.36. The Kier molecular flexibility index (Phi) is 5.08. The minimum Gasteiger partial charge on any atom is -0.385 e. The van der Waals surface area contributed by atoms with Crippen LogP contribution in [0.2, 0.25) is 0 Å². The van der Waals surface area contributed by atoms with Gasteiger partial charge in [0.25, 0.3) is 0 Å². The number of hydrogen-bond donors (Lipinski definition) is 1. The number of fused-ring (bicyclic) bond motifs is 1. The molecule has 3 nitrogen and oxygen atoms in total. The van der Waals surface area contributed by atoms with Crippen LogP contribution in [0.3, 0.4) is 0 Å². The van der Waals surface area contributed by atoms with Crippen molar-refractivity contribution >= 4 is 11.4 Å². The predicted molar refractivity (Wildman–Crippen MR) is 82.2 cm³/mol. The second-order valence-corrected chi connectivity index (χ2v) is 5.32. The summed E-state index contributed by atoms with van der Waals surface area (Å²) in [6, 6.07) is 7.36. The standard InChI is InChI=1S/C16H26N2O/c1-4-13(2)18(10-11-19-3)15-7-8-16-14(12-15)6-5-9-17-16/h7-8,12-13,17H,4-6,9-11H2,1-3H3. The zero-order valence-corrected chi connectivity index (χ0v) is 12.4. The van der Waals surface area contributed by atoms with Crippen LogP contribution in [0.1, 0.15) is 32.3 Å². The zero-order chi connectivity index (χ0) is 13.7. The topological polar surface area (TPSA) is 24.5 Å². The molecular formula is C16H26N2O. The lowest BCUT2D eigenvalue weighted by Crippen LogP contribution is -2.35. The highest BCUT2D eigenvalue weighted by Crippen LogP contribution is 2.28. The van der Waals surface area contributed by atoms with Gasteiger partial charge in [0.05, 0.1) is 6.61 Å². The number of hydrogen-bond acceptors (Lipinski definition) is 3. The number of aryl methyl sites for hydroxylation is 1. The normalized spacial score (nSPS) is 15.5. The molecule has 1 aromatic carbocycles. The molecule has 0 fully saturated rings. The van der Waals surface area contributed by atoms with Gasteiger partial charge in [-0.15, -0.1) is 0 Å². The van der Waals surface area contributed by atoms with Crippen LogP contribution in [0.4, 0.5) is 11.4 Å². The molecule has 0 amide bonds. The van der Waals surface area contributed by atoms with Crippen LogP contribution in [-0.2, 0) is 11.2 Å². The van der Waals surface area contributed by atoms with Gasteiger partial charge in [-0.3, -0.25) is 0 Å². The van der Waals surface area contributed by atoms with Crippen molar-refractivity contribution in [3.63, 3.8) is 0 Å². The number of benzene rings is 1. The van der Waals surface area contributed by atoms with E-state index in [0.717, 1.165) is 26.1 Å². The van der Waals surface area contributed by atoms with Gasteiger partial charge in [-0.2, -0.15) is 0 Å². The van der Waals surface area contributed by atoms with Crippen molar-refractivity contribution in [3.05, 3.63) is 23.8 Å². The Hall–Kier alpha value is -1.22. The quantitative estimate of drug-likeness (QED) is 0.851. The first-order chi connectivity index (χ1) is 9.26. The number of anilines is 2. The molecule has 0 saturated heterocycles. The number of nitrogens with zero attached hydrogens (tertiary/aromatic N) is 1. The van der Waals surface area contributed by atoms with Crippen LogP contribution in [-0.4, -0.2) is 32.8 Å². The number of rotatable bonds is 6. The molecule has 0 spiro atoms. The molecule has 1 aliphatic rings. The molecule has 1 N–H and O–H groups in total. The van der Waals surface area contributed by atoms with Crippen molar-refractivity contribution in [1.82, 2.24) is 0 Å². The van der Waals surface area contributed by atoms with Gasteiger partial charge in [-0.1, -0.05) is 6.92 Å². The van der Waals surface area contributed by atoms with Gasteiger partial charge in [0, 0.05) is 37.6 Å². The second-order valence-electron chi connectivity index (χ2n) is 5.32. The molecule has 0 aromatic heterocycles.